The number of Topliss-reactive ketones (excluding diaryl/α,β-unsaturated/α-hetero) is 1. The topological polar surface area (TPSA) is 55.8 Å². The summed E-state index contributed by atoms with van der Waals surface area (Å²) in [7, 11) is 1.61. The van der Waals surface area contributed by atoms with Gasteiger partial charge in [-0.05, 0) is 31.2 Å². The zero-order chi connectivity index (χ0) is 14.5. The van der Waals surface area contributed by atoms with Crippen molar-refractivity contribution in [2.75, 3.05) is 25.2 Å². The van der Waals surface area contributed by atoms with Gasteiger partial charge in [-0.3, -0.25) is 4.79 Å². The number of carbonyl (C=O) groups excluding carboxylic acids is 2. The predicted octanol–water partition coefficient (Wildman–Crippen LogP) is 1.80. The number of benzene rings is 1. The standard InChI is InChI=1S/C15H19NO4/c1-3-20-15(18)14-10-12(17)8-9-16(14)11-4-6-13(19-2)7-5-11/h4-7,14H,3,8-10H2,1-2H3. The van der Waals surface area contributed by atoms with Crippen LogP contribution in [0.4, 0.5) is 5.69 Å². The van der Waals surface area contributed by atoms with Crippen LogP contribution >= 0.6 is 0 Å². The van der Waals surface area contributed by atoms with E-state index >= 15 is 0 Å². The molecular formula is C15H19NO4. The highest BCUT2D eigenvalue weighted by atomic mass is 16.5. The number of ketones is 1. The van der Waals surface area contributed by atoms with E-state index in [9.17, 15) is 9.59 Å². The summed E-state index contributed by atoms with van der Waals surface area (Å²) in [4.78, 5) is 25.5. The van der Waals surface area contributed by atoms with E-state index in [0.717, 1.165) is 11.4 Å². The van der Waals surface area contributed by atoms with E-state index in [0.29, 0.717) is 19.6 Å². The van der Waals surface area contributed by atoms with Crippen molar-refractivity contribution in [3.05, 3.63) is 24.3 Å². The molecule has 1 saturated heterocycles. The summed E-state index contributed by atoms with van der Waals surface area (Å²) < 4.78 is 10.2. The largest absolute Gasteiger partial charge is 0.497 e. The second-order valence-electron chi connectivity index (χ2n) is 4.65. The first-order valence-electron chi connectivity index (χ1n) is 6.74. The highest BCUT2D eigenvalue weighted by Crippen LogP contribution is 2.26. The zero-order valence-corrected chi connectivity index (χ0v) is 11.8. The second-order valence-corrected chi connectivity index (χ2v) is 4.65. The first-order chi connectivity index (χ1) is 9.65. The molecule has 0 bridgehead atoms. The van der Waals surface area contributed by atoms with Crippen LogP contribution in [0.3, 0.4) is 0 Å². The number of ether oxygens (including phenoxy) is 2. The van der Waals surface area contributed by atoms with Crippen molar-refractivity contribution in [3.8, 4) is 5.75 Å². The van der Waals surface area contributed by atoms with Crippen molar-refractivity contribution >= 4 is 17.4 Å². The number of nitrogens with zero attached hydrogens (tertiary/aromatic N) is 1. The van der Waals surface area contributed by atoms with Gasteiger partial charge in [0.15, 0.2) is 0 Å². The minimum Gasteiger partial charge on any atom is -0.497 e. The molecule has 20 heavy (non-hydrogen) atoms. The molecule has 0 N–H and O–H groups in total. The SMILES string of the molecule is CCOC(=O)C1CC(=O)CCN1c1ccc(OC)cc1. The van der Waals surface area contributed by atoms with E-state index in [1.165, 1.54) is 0 Å². The lowest BCUT2D eigenvalue weighted by molar-refractivity contribution is -0.146. The van der Waals surface area contributed by atoms with Gasteiger partial charge < -0.3 is 14.4 Å². The van der Waals surface area contributed by atoms with E-state index in [-0.39, 0.29) is 18.2 Å². The van der Waals surface area contributed by atoms with Gasteiger partial charge in [-0.1, -0.05) is 0 Å². The molecule has 0 aliphatic carbocycles. The van der Waals surface area contributed by atoms with Gasteiger partial charge >= 0.3 is 5.97 Å². The monoisotopic (exact) mass is 277 g/mol. The van der Waals surface area contributed by atoms with Gasteiger partial charge in [-0.2, -0.15) is 0 Å². The Morgan fingerprint density at radius 2 is 2.05 bits per heavy atom. The summed E-state index contributed by atoms with van der Waals surface area (Å²) >= 11 is 0. The van der Waals surface area contributed by atoms with Crippen LogP contribution < -0.4 is 9.64 Å². The smallest absolute Gasteiger partial charge is 0.329 e. The summed E-state index contributed by atoms with van der Waals surface area (Å²) in [6.07, 6.45) is 0.673. The molecule has 108 valence electrons. The van der Waals surface area contributed by atoms with Crippen LogP contribution in [0.1, 0.15) is 19.8 Å². The molecule has 1 aromatic rings. The molecule has 0 aromatic heterocycles. The molecule has 0 amide bonds. The van der Waals surface area contributed by atoms with Gasteiger partial charge in [0.05, 0.1) is 13.7 Å². The lowest BCUT2D eigenvalue weighted by Crippen LogP contribution is -2.48. The van der Waals surface area contributed by atoms with Crippen molar-refractivity contribution in [2.45, 2.75) is 25.8 Å². The molecule has 1 aliphatic rings. The lowest BCUT2D eigenvalue weighted by atomic mass is 10.00. The number of rotatable bonds is 4. The van der Waals surface area contributed by atoms with Gasteiger partial charge in [-0.25, -0.2) is 4.79 Å². The van der Waals surface area contributed by atoms with Gasteiger partial charge in [0.2, 0.25) is 0 Å². The number of methoxy groups -OCH3 is 1. The fourth-order valence-corrected chi connectivity index (χ4v) is 2.36. The minimum absolute atomic E-state index is 0.104. The molecule has 1 heterocycles. The summed E-state index contributed by atoms with van der Waals surface area (Å²) in [6.45, 7) is 2.62. The Balaban J connectivity index is 2.21. The van der Waals surface area contributed by atoms with Crippen molar-refractivity contribution in [1.82, 2.24) is 0 Å². The molecule has 1 atom stereocenters. The van der Waals surface area contributed by atoms with Crippen molar-refractivity contribution < 1.29 is 19.1 Å². The van der Waals surface area contributed by atoms with Crippen LogP contribution in [0.5, 0.6) is 5.75 Å². The van der Waals surface area contributed by atoms with Crippen LogP contribution in [-0.2, 0) is 14.3 Å². The van der Waals surface area contributed by atoms with Crippen LogP contribution in [0, 0.1) is 0 Å². The highest BCUT2D eigenvalue weighted by molar-refractivity contribution is 5.91. The number of anilines is 1. The van der Waals surface area contributed by atoms with E-state index in [1.54, 1.807) is 14.0 Å². The van der Waals surface area contributed by atoms with Crippen LogP contribution in [0.2, 0.25) is 0 Å². The number of carbonyl (C=O) groups is 2. The third-order valence-electron chi connectivity index (χ3n) is 3.39. The van der Waals surface area contributed by atoms with Crippen LogP contribution in [0.15, 0.2) is 24.3 Å². The minimum atomic E-state index is -0.524. The third kappa shape index (κ3) is 3.10. The Bertz CT molecular complexity index is 483. The maximum Gasteiger partial charge on any atom is 0.329 e. The molecule has 0 radical (unpaired) electrons. The fraction of sp³-hybridized carbons (Fsp3) is 0.467. The maximum absolute atomic E-state index is 12.0. The summed E-state index contributed by atoms with van der Waals surface area (Å²) in [5.74, 6) is 0.527. The average Bonchev–Trinajstić information content (AvgIpc) is 2.47. The Morgan fingerprint density at radius 1 is 1.35 bits per heavy atom. The second kappa shape index (κ2) is 6.41. The molecule has 0 spiro atoms. The van der Waals surface area contributed by atoms with Crippen molar-refractivity contribution in [1.29, 1.82) is 0 Å². The average molecular weight is 277 g/mol. The lowest BCUT2D eigenvalue weighted by Gasteiger charge is -2.35. The number of hydrogen-bond donors (Lipinski definition) is 0. The summed E-state index contributed by atoms with van der Waals surface area (Å²) in [5.41, 5.74) is 0.899. The molecule has 5 heteroatoms. The first-order valence-corrected chi connectivity index (χ1v) is 6.74. The molecule has 1 aromatic carbocycles. The molecular weight excluding hydrogens is 258 g/mol. The Hall–Kier alpha value is -2.04. The number of piperidine rings is 1. The molecule has 1 aliphatic heterocycles. The Labute approximate surface area is 118 Å². The Kier molecular flexibility index (Phi) is 4.61. The van der Waals surface area contributed by atoms with Crippen molar-refractivity contribution in [2.24, 2.45) is 0 Å². The quantitative estimate of drug-likeness (QED) is 0.785. The number of esters is 1. The van der Waals surface area contributed by atoms with Crippen LogP contribution in [0.25, 0.3) is 0 Å². The maximum atomic E-state index is 12.0. The number of hydrogen-bond acceptors (Lipinski definition) is 5. The van der Waals surface area contributed by atoms with E-state index in [2.05, 4.69) is 0 Å². The molecule has 0 saturated carbocycles. The third-order valence-corrected chi connectivity index (χ3v) is 3.39. The van der Waals surface area contributed by atoms with E-state index in [4.69, 9.17) is 9.47 Å². The molecule has 2 rings (SSSR count). The summed E-state index contributed by atoms with van der Waals surface area (Å²) in [5, 5.41) is 0. The van der Waals surface area contributed by atoms with Gasteiger partial charge in [-0.15, -0.1) is 0 Å². The first kappa shape index (κ1) is 14.4. The molecule has 1 fully saturated rings. The highest BCUT2D eigenvalue weighted by Gasteiger charge is 2.33. The predicted molar refractivity (Wildman–Crippen MR) is 75.0 cm³/mol. The zero-order valence-electron chi connectivity index (χ0n) is 11.8. The fourth-order valence-electron chi connectivity index (χ4n) is 2.36. The van der Waals surface area contributed by atoms with Gasteiger partial charge in [0, 0.05) is 25.1 Å². The summed E-state index contributed by atoms with van der Waals surface area (Å²) in [6, 6.07) is 6.94. The van der Waals surface area contributed by atoms with E-state index < -0.39 is 6.04 Å². The van der Waals surface area contributed by atoms with E-state index in [1.807, 2.05) is 29.2 Å². The van der Waals surface area contributed by atoms with Crippen LogP contribution in [-0.4, -0.2) is 38.1 Å². The molecule has 5 nitrogen and oxygen atoms in total. The van der Waals surface area contributed by atoms with Gasteiger partial charge in [0.25, 0.3) is 0 Å². The Morgan fingerprint density at radius 3 is 2.65 bits per heavy atom. The van der Waals surface area contributed by atoms with Gasteiger partial charge in [0.1, 0.15) is 17.6 Å². The normalized spacial score (nSPS) is 18.8. The van der Waals surface area contributed by atoms with Crippen molar-refractivity contribution in [3.63, 3.8) is 0 Å². The molecule has 1 unspecified atom stereocenters.